The van der Waals surface area contributed by atoms with E-state index < -0.39 is 0 Å². The summed E-state index contributed by atoms with van der Waals surface area (Å²) in [6, 6.07) is 15.2. The van der Waals surface area contributed by atoms with E-state index in [-0.39, 0.29) is 5.82 Å². The fourth-order valence-electron chi connectivity index (χ4n) is 3.65. The molecule has 4 aromatic rings. The molecule has 0 aliphatic heterocycles. The molecule has 0 saturated heterocycles. The summed E-state index contributed by atoms with van der Waals surface area (Å²) < 4.78 is 16.4. The number of rotatable bonds is 6. The van der Waals surface area contributed by atoms with Gasteiger partial charge in [-0.05, 0) is 48.0 Å². The highest BCUT2D eigenvalue weighted by Crippen LogP contribution is 2.29. The number of fused-ring (bicyclic) bond motifs is 1. The van der Waals surface area contributed by atoms with E-state index in [9.17, 15) is 4.39 Å². The minimum Gasteiger partial charge on any atom is -0.296 e. The van der Waals surface area contributed by atoms with Crippen LogP contribution in [0.25, 0.3) is 28.1 Å². The van der Waals surface area contributed by atoms with Crippen molar-refractivity contribution >= 4 is 17.0 Å². The molecule has 0 unspecified atom stereocenters. The predicted molar refractivity (Wildman–Crippen MR) is 116 cm³/mol. The molecule has 0 aliphatic rings. The van der Waals surface area contributed by atoms with Crippen LogP contribution in [0.15, 0.2) is 67.5 Å². The number of pyridine rings is 1. The fraction of sp³-hybridized carbons (Fsp3) is 0.167. The maximum Gasteiger partial charge on any atom is 0.127 e. The molecule has 2 heterocycles. The van der Waals surface area contributed by atoms with Crippen molar-refractivity contribution in [2.24, 2.45) is 7.05 Å². The number of hydrogen-bond acceptors (Lipinski definition) is 3. The first-order chi connectivity index (χ1) is 14.0. The maximum atomic E-state index is 14.6. The summed E-state index contributed by atoms with van der Waals surface area (Å²) in [5.74, 6) is -0.205. The lowest BCUT2D eigenvalue weighted by Crippen LogP contribution is -2.19. The van der Waals surface area contributed by atoms with Crippen LogP contribution < -0.4 is 0 Å². The number of halogens is 1. The Bertz CT molecular complexity index is 1180. The molecule has 4 rings (SSSR count). The molecule has 146 valence electrons. The van der Waals surface area contributed by atoms with Gasteiger partial charge in [-0.25, -0.2) is 4.39 Å². The lowest BCUT2D eigenvalue weighted by atomic mass is 9.99. The summed E-state index contributed by atoms with van der Waals surface area (Å²) >= 11 is 0. The van der Waals surface area contributed by atoms with E-state index >= 15 is 0 Å². The molecule has 4 nitrogen and oxygen atoms in total. The molecular formula is C24H23FN4. The van der Waals surface area contributed by atoms with Crippen LogP contribution >= 0.6 is 0 Å². The van der Waals surface area contributed by atoms with Crippen LogP contribution in [0.3, 0.4) is 0 Å². The minimum atomic E-state index is -0.205. The Labute approximate surface area is 169 Å². The van der Waals surface area contributed by atoms with Crippen molar-refractivity contribution in [1.82, 2.24) is 19.7 Å². The van der Waals surface area contributed by atoms with E-state index in [0.29, 0.717) is 18.7 Å². The van der Waals surface area contributed by atoms with Gasteiger partial charge >= 0.3 is 0 Å². The second kappa shape index (κ2) is 7.97. The largest absolute Gasteiger partial charge is 0.296 e. The van der Waals surface area contributed by atoms with Crippen LogP contribution in [0.1, 0.15) is 16.8 Å². The molecule has 0 radical (unpaired) electrons. The van der Waals surface area contributed by atoms with E-state index in [2.05, 4.69) is 27.6 Å². The summed E-state index contributed by atoms with van der Waals surface area (Å²) in [4.78, 5) is 6.50. The third kappa shape index (κ3) is 3.96. The highest BCUT2D eigenvalue weighted by Gasteiger charge is 2.12. The van der Waals surface area contributed by atoms with Crippen molar-refractivity contribution < 1.29 is 4.39 Å². The van der Waals surface area contributed by atoms with Gasteiger partial charge in [-0.2, -0.15) is 5.10 Å². The third-order valence-corrected chi connectivity index (χ3v) is 5.03. The Hall–Kier alpha value is -3.31. The number of aromatic nitrogens is 3. The molecule has 0 atom stereocenters. The molecule has 0 fully saturated rings. The predicted octanol–water partition coefficient (Wildman–Crippen LogP) is 5.05. The Morgan fingerprint density at radius 3 is 2.83 bits per heavy atom. The first kappa shape index (κ1) is 19.0. The molecule has 0 N–H and O–H groups in total. The normalized spacial score (nSPS) is 11.3. The summed E-state index contributed by atoms with van der Waals surface area (Å²) in [5, 5.41) is 5.53. The standard InChI is InChI=1S/C24H23FN4/c1-4-17-7-6-12-26-24(17)16-28(2)14-19-13-18(10-11-22(19)25)20-8-5-9-23-21(20)15-29(3)27-23/h4-13,15H,1,14,16H2,2-3H3. The van der Waals surface area contributed by atoms with Gasteiger partial charge in [0.05, 0.1) is 11.2 Å². The summed E-state index contributed by atoms with van der Waals surface area (Å²) in [7, 11) is 3.87. The van der Waals surface area contributed by atoms with Crippen molar-refractivity contribution in [3.8, 4) is 11.1 Å². The van der Waals surface area contributed by atoms with Crippen LogP contribution in [-0.4, -0.2) is 26.7 Å². The van der Waals surface area contributed by atoms with Crippen molar-refractivity contribution in [2.75, 3.05) is 7.05 Å². The number of hydrogen-bond donors (Lipinski definition) is 0. The fourth-order valence-corrected chi connectivity index (χ4v) is 3.65. The quantitative estimate of drug-likeness (QED) is 0.465. The van der Waals surface area contributed by atoms with E-state index in [1.165, 1.54) is 0 Å². The van der Waals surface area contributed by atoms with E-state index in [0.717, 1.165) is 33.3 Å². The Balaban J connectivity index is 1.62. The summed E-state index contributed by atoms with van der Waals surface area (Å²) in [6.45, 7) is 4.94. The molecule has 29 heavy (non-hydrogen) atoms. The molecule has 0 saturated carbocycles. The van der Waals surface area contributed by atoms with E-state index in [1.807, 2.05) is 56.7 Å². The van der Waals surface area contributed by atoms with Crippen molar-refractivity contribution in [3.05, 3.63) is 90.1 Å². The summed E-state index contributed by atoms with van der Waals surface area (Å²) in [5.41, 5.74) is 5.55. The van der Waals surface area contributed by atoms with Gasteiger partial charge in [-0.3, -0.25) is 14.6 Å². The zero-order valence-corrected chi connectivity index (χ0v) is 16.6. The van der Waals surface area contributed by atoms with Gasteiger partial charge in [0.15, 0.2) is 0 Å². The van der Waals surface area contributed by atoms with Crippen LogP contribution in [0.2, 0.25) is 0 Å². The number of benzene rings is 2. The van der Waals surface area contributed by atoms with Gasteiger partial charge in [0.25, 0.3) is 0 Å². The molecule has 0 spiro atoms. The Morgan fingerprint density at radius 1 is 1.14 bits per heavy atom. The average Bonchev–Trinajstić information content (AvgIpc) is 3.10. The van der Waals surface area contributed by atoms with Gasteiger partial charge < -0.3 is 0 Å². The molecule has 0 amide bonds. The van der Waals surface area contributed by atoms with Gasteiger partial charge in [0.2, 0.25) is 0 Å². The van der Waals surface area contributed by atoms with Crippen LogP contribution in [0, 0.1) is 5.82 Å². The Morgan fingerprint density at radius 2 is 2.00 bits per heavy atom. The lowest BCUT2D eigenvalue weighted by molar-refractivity contribution is 0.309. The highest BCUT2D eigenvalue weighted by molar-refractivity contribution is 5.94. The van der Waals surface area contributed by atoms with Crippen molar-refractivity contribution in [1.29, 1.82) is 0 Å². The van der Waals surface area contributed by atoms with Crippen molar-refractivity contribution in [2.45, 2.75) is 13.1 Å². The SMILES string of the molecule is C=Cc1cccnc1CN(C)Cc1cc(-c2cccc3nn(C)cc23)ccc1F. The molecular weight excluding hydrogens is 363 g/mol. The number of nitrogens with zero attached hydrogens (tertiary/aromatic N) is 4. The maximum absolute atomic E-state index is 14.6. The smallest absolute Gasteiger partial charge is 0.127 e. The summed E-state index contributed by atoms with van der Waals surface area (Å²) in [6.07, 6.45) is 5.57. The van der Waals surface area contributed by atoms with Crippen LogP contribution in [0.4, 0.5) is 4.39 Å². The number of aryl methyl sites for hydroxylation is 1. The molecule has 2 aromatic carbocycles. The van der Waals surface area contributed by atoms with Crippen LogP contribution in [0.5, 0.6) is 0 Å². The lowest BCUT2D eigenvalue weighted by Gasteiger charge is -2.18. The highest BCUT2D eigenvalue weighted by atomic mass is 19.1. The monoisotopic (exact) mass is 386 g/mol. The van der Waals surface area contributed by atoms with E-state index in [4.69, 9.17) is 0 Å². The first-order valence-electron chi connectivity index (χ1n) is 9.51. The molecule has 2 aromatic heterocycles. The van der Waals surface area contributed by atoms with Crippen molar-refractivity contribution in [3.63, 3.8) is 0 Å². The average molecular weight is 386 g/mol. The zero-order chi connectivity index (χ0) is 20.4. The molecule has 5 heteroatoms. The molecule has 0 bridgehead atoms. The van der Waals surface area contributed by atoms with Gasteiger partial charge in [-0.1, -0.05) is 36.9 Å². The zero-order valence-electron chi connectivity index (χ0n) is 16.6. The van der Waals surface area contributed by atoms with Gasteiger partial charge in [0, 0.05) is 43.5 Å². The minimum absolute atomic E-state index is 0.205. The third-order valence-electron chi connectivity index (χ3n) is 5.03. The van der Waals surface area contributed by atoms with Crippen LogP contribution in [-0.2, 0) is 20.1 Å². The second-order valence-corrected chi connectivity index (χ2v) is 7.26. The van der Waals surface area contributed by atoms with Gasteiger partial charge in [-0.15, -0.1) is 0 Å². The first-order valence-corrected chi connectivity index (χ1v) is 9.51. The second-order valence-electron chi connectivity index (χ2n) is 7.26. The van der Waals surface area contributed by atoms with Gasteiger partial charge in [0.1, 0.15) is 5.82 Å². The van der Waals surface area contributed by atoms with E-state index in [1.54, 1.807) is 23.0 Å². The Kier molecular flexibility index (Phi) is 5.23. The molecule has 0 aliphatic carbocycles. The topological polar surface area (TPSA) is 34.0 Å².